The molecule has 0 saturated carbocycles. The lowest BCUT2D eigenvalue weighted by atomic mass is 10.2. The number of nitrogens with two attached hydrogens (primary N) is 1. The van der Waals surface area contributed by atoms with Crippen molar-refractivity contribution in [2.45, 2.75) is 6.54 Å². The fraction of sp³-hybridized carbons (Fsp3) is 0.125. The van der Waals surface area contributed by atoms with E-state index in [0.717, 1.165) is 5.56 Å². The monoisotopic (exact) mass is 164 g/mol. The number of oxazole rings is 1. The molecule has 0 spiro atoms. The van der Waals surface area contributed by atoms with Crippen LogP contribution in [0, 0.1) is 0 Å². The fourth-order valence-electron chi connectivity index (χ4n) is 1.19. The molecule has 3 N–H and O–H groups in total. The molecule has 1 aromatic carbocycles. The highest BCUT2D eigenvalue weighted by molar-refractivity contribution is 5.75. The molecular weight excluding hydrogens is 156 g/mol. The van der Waals surface area contributed by atoms with E-state index in [0.29, 0.717) is 17.6 Å². The Hall–Kier alpha value is -1.55. The van der Waals surface area contributed by atoms with E-state index in [1.807, 2.05) is 12.1 Å². The quantitative estimate of drug-likeness (QED) is 0.647. The second kappa shape index (κ2) is 2.49. The van der Waals surface area contributed by atoms with E-state index < -0.39 is 5.76 Å². The van der Waals surface area contributed by atoms with Crippen molar-refractivity contribution < 1.29 is 4.42 Å². The molecule has 0 fully saturated rings. The molecule has 1 heterocycles. The summed E-state index contributed by atoms with van der Waals surface area (Å²) < 4.78 is 4.90. The van der Waals surface area contributed by atoms with Gasteiger partial charge in [-0.15, -0.1) is 0 Å². The summed E-state index contributed by atoms with van der Waals surface area (Å²) in [6, 6.07) is 5.44. The van der Waals surface area contributed by atoms with Gasteiger partial charge in [-0.3, -0.25) is 4.98 Å². The van der Waals surface area contributed by atoms with Crippen LogP contribution in [0.5, 0.6) is 0 Å². The van der Waals surface area contributed by atoms with Crippen molar-refractivity contribution in [3.8, 4) is 0 Å². The van der Waals surface area contributed by atoms with Gasteiger partial charge in [0.05, 0.1) is 5.52 Å². The lowest BCUT2D eigenvalue weighted by molar-refractivity contribution is 0.552. The van der Waals surface area contributed by atoms with E-state index in [2.05, 4.69) is 4.98 Å². The molecule has 0 aliphatic rings. The molecule has 0 saturated heterocycles. The highest BCUT2D eigenvalue weighted by Gasteiger charge is 2.03. The number of fused-ring (bicyclic) bond motifs is 1. The summed E-state index contributed by atoms with van der Waals surface area (Å²) in [6.45, 7) is 0.373. The molecule has 0 amide bonds. The minimum Gasteiger partial charge on any atom is -0.408 e. The van der Waals surface area contributed by atoms with Crippen LogP contribution in [0.3, 0.4) is 0 Å². The van der Waals surface area contributed by atoms with Gasteiger partial charge in [-0.05, 0) is 6.07 Å². The average Bonchev–Trinajstić information content (AvgIpc) is 2.44. The maximum absolute atomic E-state index is 10.8. The largest absolute Gasteiger partial charge is 0.417 e. The summed E-state index contributed by atoms with van der Waals surface area (Å²) >= 11 is 0. The first-order valence-corrected chi connectivity index (χ1v) is 3.62. The Balaban J connectivity index is 2.87. The first-order valence-electron chi connectivity index (χ1n) is 3.62. The average molecular weight is 164 g/mol. The molecule has 2 aromatic rings. The van der Waals surface area contributed by atoms with Crippen molar-refractivity contribution in [2.75, 3.05) is 0 Å². The molecular formula is C8H8N2O2. The Morgan fingerprint density at radius 2 is 2.33 bits per heavy atom. The summed E-state index contributed by atoms with van der Waals surface area (Å²) in [6.07, 6.45) is 0. The van der Waals surface area contributed by atoms with Gasteiger partial charge < -0.3 is 10.2 Å². The third-order valence-electron chi connectivity index (χ3n) is 1.75. The van der Waals surface area contributed by atoms with Gasteiger partial charge in [0.15, 0.2) is 5.58 Å². The van der Waals surface area contributed by atoms with E-state index in [1.54, 1.807) is 6.07 Å². The van der Waals surface area contributed by atoms with E-state index in [-0.39, 0.29) is 0 Å². The zero-order valence-electron chi connectivity index (χ0n) is 6.33. The van der Waals surface area contributed by atoms with Gasteiger partial charge >= 0.3 is 5.76 Å². The zero-order valence-corrected chi connectivity index (χ0v) is 6.33. The molecule has 4 nitrogen and oxygen atoms in total. The highest BCUT2D eigenvalue weighted by Crippen LogP contribution is 2.14. The Morgan fingerprint density at radius 1 is 1.50 bits per heavy atom. The van der Waals surface area contributed by atoms with Crippen molar-refractivity contribution >= 4 is 11.1 Å². The number of hydrogen-bond donors (Lipinski definition) is 2. The molecule has 0 aliphatic carbocycles. The van der Waals surface area contributed by atoms with Crippen LogP contribution in [0.25, 0.3) is 11.1 Å². The second-order valence-corrected chi connectivity index (χ2v) is 2.51. The summed E-state index contributed by atoms with van der Waals surface area (Å²) in [4.78, 5) is 13.3. The maximum atomic E-state index is 10.8. The molecule has 0 radical (unpaired) electrons. The number of para-hydroxylation sites is 1. The molecule has 0 atom stereocenters. The molecule has 1 aromatic heterocycles. The van der Waals surface area contributed by atoms with Gasteiger partial charge in [0.2, 0.25) is 0 Å². The predicted octanol–water partition coefficient (Wildman–Crippen LogP) is 0.580. The van der Waals surface area contributed by atoms with Crippen molar-refractivity contribution in [3.63, 3.8) is 0 Å². The predicted molar refractivity (Wildman–Crippen MR) is 44.7 cm³/mol. The number of hydrogen-bond acceptors (Lipinski definition) is 3. The summed E-state index contributed by atoms with van der Waals surface area (Å²) in [5, 5.41) is 0. The van der Waals surface area contributed by atoms with E-state index >= 15 is 0 Å². The van der Waals surface area contributed by atoms with Gasteiger partial charge in [-0.2, -0.15) is 0 Å². The Bertz CT molecular complexity index is 455. The second-order valence-electron chi connectivity index (χ2n) is 2.51. The summed E-state index contributed by atoms with van der Waals surface area (Å²) in [7, 11) is 0. The number of aromatic nitrogens is 1. The zero-order chi connectivity index (χ0) is 8.55. The first kappa shape index (κ1) is 7.12. The maximum Gasteiger partial charge on any atom is 0.417 e. The smallest absolute Gasteiger partial charge is 0.408 e. The number of benzene rings is 1. The molecule has 4 heteroatoms. The van der Waals surface area contributed by atoms with Crippen molar-refractivity contribution in [2.24, 2.45) is 5.73 Å². The van der Waals surface area contributed by atoms with Crippen molar-refractivity contribution in [1.82, 2.24) is 4.98 Å². The number of H-pyrrole nitrogens is 1. The van der Waals surface area contributed by atoms with Gasteiger partial charge in [0.25, 0.3) is 0 Å². The van der Waals surface area contributed by atoms with E-state index in [1.165, 1.54) is 0 Å². The first-order chi connectivity index (χ1) is 5.81. The van der Waals surface area contributed by atoms with Crippen molar-refractivity contribution in [1.29, 1.82) is 0 Å². The normalized spacial score (nSPS) is 10.8. The van der Waals surface area contributed by atoms with Gasteiger partial charge in [0, 0.05) is 12.1 Å². The standard InChI is InChI=1S/C8H8N2O2/c9-4-5-2-1-3-6-7(5)12-8(11)10-6/h1-3H,4,9H2,(H,10,11). The lowest BCUT2D eigenvalue weighted by Gasteiger charge is -1.94. The molecule has 2 rings (SSSR count). The van der Waals surface area contributed by atoms with Crippen LogP contribution in [0.4, 0.5) is 0 Å². The van der Waals surface area contributed by atoms with Crippen molar-refractivity contribution in [3.05, 3.63) is 34.3 Å². The summed E-state index contributed by atoms with van der Waals surface area (Å²) in [5.74, 6) is -0.439. The number of aromatic amines is 1. The lowest BCUT2D eigenvalue weighted by Crippen LogP contribution is -1.95. The van der Waals surface area contributed by atoms with E-state index in [9.17, 15) is 4.79 Å². The van der Waals surface area contributed by atoms with Crippen LogP contribution in [-0.2, 0) is 6.54 Å². The Labute approximate surface area is 68.0 Å². The van der Waals surface area contributed by atoms with Crippen LogP contribution in [0.2, 0.25) is 0 Å². The van der Waals surface area contributed by atoms with Crippen LogP contribution in [-0.4, -0.2) is 4.98 Å². The van der Waals surface area contributed by atoms with Gasteiger partial charge in [0.1, 0.15) is 0 Å². The Morgan fingerprint density at radius 3 is 3.08 bits per heavy atom. The van der Waals surface area contributed by atoms with E-state index in [4.69, 9.17) is 10.2 Å². The molecule has 12 heavy (non-hydrogen) atoms. The molecule has 0 bridgehead atoms. The van der Waals surface area contributed by atoms with Crippen LogP contribution in [0.1, 0.15) is 5.56 Å². The minimum atomic E-state index is -0.439. The molecule has 0 aliphatic heterocycles. The summed E-state index contributed by atoms with van der Waals surface area (Å²) in [5.41, 5.74) is 7.55. The van der Waals surface area contributed by atoms with Gasteiger partial charge in [-0.1, -0.05) is 12.1 Å². The van der Waals surface area contributed by atoms with Crippen LogP contribution < -0.4 is 11.5 Å². The molecule has 0 unspecified atom stereocenters. The third-order valence-corrected chi connectivity index (χ3v) is 1.75. The topological polar surface area (TPSA) is 72.0 Å². The van der Waals surface area contributed by atoms with Crippen LogP contribution in [0.15, 0.2) is 27.4 Å². The number of nitrogens with one attached hydrogen (secondary N) is 1. The van der Waals surface area contributed by atoms with Gasteiger partial charge in [-0.25, -0.2) is 4.79 Å². The SMILES string of the molecule is NCc1cccc2[nH]c(=O)oc12. The third kappa shape index (κ3) is 0.931. The highest BCUT2D eigenvalue weighted by atomic mass is 16.4. The Kier molecular flexibility index (Phi) is 1.48. The van der Waals surface area contributed by atoms with Crippen LogP contribution >= 0.6 is 0 Å². The number of rotatable bonds is 1. The minimum absolute atomic E-state index is 0.373. The molecule has 62 valence electrons. The fourth-order valence-corrected chi connectivity index (χ4v) is 1.19.